The first-order chi connectivity index (χ1) is 14.5. The number of hydrogen-bond acceptors (Lipinski definition) is 7. The maximum Gasteiger partial charge on any atom is 0.326 e. The summed E-state index contributed by atoms with van der Waals surface area (Å²) in [7, 11) is 0. The zero-order chi connectivity index (χ0) is 23.6. The third-order valence-electron chi connectivity index (χ3n) is 4.20. The van der Waals surface area contributed by atoms with E-state index in [2.05, 4.69) is 31.2 Å². The van der Waals surface area contributed by atoms with E-state index < -0.39 is 54.3 Å². The van der Waals surface area contributed by atoms with Crippen molar-refractivity contribution < 1.29 is 29.1 Å². The minimum Gasteiger partial charge on any atom is -0.480 e. The lowest BCUT2D eigenvalue weighted by molar-refractivity contribution is -0.143. The number of carbonyl (C=O) groups excluding carboxylic acids is 4. The van der Waals surface area contributed by atoms with Gasteiger partial charge in [0.15, 0.2) is 0 Å². The van der Waals surface area contributed by atoms with Gasteiger partial charge in [0.1, 0.15) is 12.1 Å². The molecule has 3 unspecified atom stereocenters. The molecule has 13 heteroatoms. The van der Waals surface area contributed by atoms with Gasteiger partial charge in [0, 0.05) is 18.3 Å². The number of nitrogens with zero attached hydrogens (tertiary/aromatic N) is 1. The fraction of sp³-hybridized carbons (Fsp3) is 0.556. The molecule has 4 amide bonds. The Bertz CT molecular complexity index is 780. The van der Waals surface area contributed by atoms with Crippen molar-refractivity contribution >= 4 is 29.6 Å². The molecule has 0 saturated heterocycles. The number of imidazole rings is 1. The zero-order valence-electron chi connectivity index (χ0n) is 17.6. The van der Waals surface area contributed by atoms with Gasteiger partial charge < -0.3 is 37.1 Å². The molecule has 0 radical (unpaired) electrons. The van der Waals surface area contributed by atoms with E-state index in [-0.39, 0.29) is 18.9 Å². The van der Waals surface area contributed by atoms with Crippen LogP contribution in [0.15, 0.2) is 12.5 Å². The summed E-state index contributed by atoms with van der Waals surface area (Å²) in [5.41, 5.74) is 6.41. The summed E-state index contributed by atoms with van der Waals surface area (Å²) in [6.07, 6.45) is 3.21. The highest BCUT2D eigenvalue weighted by molar-refractivity contribution is 5.92. The Morgan fingerprint density at radius 1 is 1.03 bits per heavy atom. The molecule has 1 aromatic rings. The first-order valence-electron chi connectivity index (χ1n) is 9.61. The predicted octanol–water partition coefficient (Wildman–Crippen LogP) is -2.76. The number of amides is 4. The first-order valence-corrected chi connectivity index (χ1v) is 9.61. The molecule has 31 heavy (non-hydrogen) atoms. The lowest BCUT2D eigenvalue weighted by Crippen LogP contribution is -2.53. The van der Waals surface area contributed by atoms with Gasteiger partial charge in [-0.3, -0.25) is 19.2 Å². The average Bonchev–Trinajstić information content (AvgIpc) is 3.20. The Hall–Kier alpha value is -3.48. The molecule has 0 aromatic carbocycles. The van der Waals surface area contributed by atoms with Crippen LogP contribution in [0.2, 0.25) is 0 Å². The summed E-state index contributed by atoms with van der Waals surface area (Å²) in [6.45, 7) is 3.85. The Balaban J connectivity index is 2.32. The fourth-order valence-corrected chi connectivity index (χ4v) is 2.42. The van der Waals surface area contributed by atoms with Crippen molar-refractivity contribution in [3.05, 3.63) is 18.2 Å². The van der Waals surface area contributed by atoms with Crippen molar-refractivity contribution in [1.82, 2.24) is 31.2 Å². The molecule has 13 nitrogen and oxygen atoms in total. The van der Waals surface area contributed by atoms with Crippen LogP contribution >= 0.6 is 0 Å². The van der Waals surface area contributed by atoms with E-state index in [4.69, 9.17) is 10.8 Å². The highest BCUT2D eigenvalue weighted by atomic mass is 16.4. The minimum atomic E-state index is -1.18. The van der Waals surface area contributed by atoms with Crippen molar-refractivity contribution in [3.8, 4) is 0 Å². The standard InChI is InChI=1S/C18H29N7O6/c1-9(2)15(18(30)31)25-16(28)10(3)24-14(27)7-21-13(26)6-22-17(29)12(19)4-11-5-20-8-23-11/h5,8-10,12,15H,4,6-7,19H2,1-3H3,(H,20,23)(H,21,26)(H,22,29)(H,24,27)(H,25,28)(H,30,31). The summed E-state index contributed by atoms with van der Waals surface area (Å²) >= 11 is 0. The molecule has 1 heterocycles. The average molecular weight is 439 g/mol. The van der Waals surface area contributed by atoms with Crippen LogP contribution in [0.4, 0.5) is 0 Å². The quantitative estimate of drug-likeness (QED) is 0.181. The van der Waals surface area contributed by atoms with Gasteiger partial charge >= 0.3 is 5.97 Å². The van der Waals surface area contributed by atoms with Crippen molar-refractivity contribution in [2.45, 2.75) is 45.3 Å². The maximum atomic E-state index is 12.0. The number of aromatic amines is 1. The van der Waals surface area contributed by atoms with E-state index in [1.165, 1.54) is 19.4 Å². The molecular weight excluding hydrogens is 410 g/mol. The van der Waals surface area contributed by atoms with Gasteiger partial charge in [-0.2, -0.15) is 0 Å². The summed E-state index contributed by atoms with van der Waals surface area (Å²) < 4.78 is 0. The summed E-state index contributed by atoms with van der Waals surface area (Å²) in [5, 5.41) is 18.4. The number of hydrogen-bond donors (Lipinski definition) is 7. The van der Waals surface area contributed by atoms with Crippen molar-refractivity contribution in [2.24, 2.45) is 11.7 Å². The molecule has 0 spiro atoms. The van der Waals surface area contributed by atoms with Crippen LogP contribution in [-0.2, 0) is 30.4 Å². The van der Waals surface area contributed by atoms with Crippen LogP contribution in [0.1, 0.15) is 26.5 Å². The van der Waals surface area contributed by atoms with Gasteiger partial charge in [0.25, 0.3) is 0 Å². The van der Waals surface area contributed by atoms with E-state index in [0.29, 0.717) is 5.69 Å². The number of aliphatic carboxylic acids is 1. The Morgan fingerprint density at radius 3 is 2.23 bits per heavy atom. The van der Waals surface area contributed by atoms with Crippen molar-refractivity contribution in [3.63, 3.8) is 0 Å². The SMILES string of the molecule is CC(NC(=O)CNC(=O)CNC(=O)C(N)Cc1cnc[nH]1)C(=O)NC(C(=O)O)C(C)C. The molecule has 1 rings (SSSR count). The van der Waals surface area contributed by atoms with Crippen LogP contribution < -0.4 is 27.0 Å². The molecule has 0 bridgehead atoms. The molecule has 0 aliphatic carbocycles. The normalized spacial score (nSPS) is 13.6. The molecule has 0 aliphatic heterocycles. The van der Waals surface area contributed by atoms with Gasteiger partial charge in [-0.25, -0.2) is 9.78 Å². The highest BCUT2D eigenvalue weighted by Crippen LogP contribution is 2.02. The molecule has 1 aromatic heterocycles. The molecule has 0 saturated carbocycles. The first kappa shape index (κ1) is 25.6. The number of nitrogens with two attached hydrogens (primary N) is 1. The summed E-state index contributed by atoms with van der Waals surface area (Å²) in [4.78, 5) is 65.4. The molecule has 3 atom stereocenters. The third kappa shape index (κ3) is 9.25. The van der Waals surface area contributed by atoms with Gasteiger partial charge in [-0.15, -0.1) is 0 Å². The van der Waals surface area contributed by atoms with Crippen LogP contribution in [0, 0.1) is 5.92 Å². The number of H-pyrrole nitrogens is 1. The van der Waals surface area contributed by atoms with E-state index in [0.717, 1.165) is 0 Å². The summed E-state index contributed by atoms with van der Waals surface area (Å²) in [6, 6.07) is -2.98. The fourth-order valence-electron chi connectivity index (χ4n) is 2.42. The summed E-state index contributed by atoms with van der Waals surface area (Å²) in [5.74, 6) is -4.02. The lowest BCUT2D eigenvalue weighted by atomic mass is 10.0. The van der Waals surface area contributed by atoms with Gasteiger partial charge in [-0.05, 0) is 12.8 Å². The monoisotopic (exact) mass is 439 g/mol. The van der Waals surface area contributed by atoms with Gasteiger partial charge in [0.05, 0.1) is 25.5 Å². The number of aromatic nitrogens is 2. The minimum absolute atomic E-state index is 0.218. The smallest absolute Gasteiger partial charge is 0.326 e. The molecule has 0 fully saturated rings. The van der Waals surface area contributed by atoms with E-state index >= 15 is 0 Å². The predicted molar refractivity (Wildman–Crippen MR) is 108 cm³/mol. The van der Waals surface area contributed by atoms with E-state index in [1.54, 1.807) is 13.8 Å². The second-order valence-electron chi connectivity index (χ2n) is 7.24. The molecule has 0 aliphatic rings. The largest absolute Gasteiger partial charge is 0.480 e. The highest BCUT2D eigenvalue weighted by Gasteiger charge is 2.26. The molecule has 172 valence electrons. The van der Waals surface area contributed by atoms with E-state index in [9.17, 15) is 24.0 Å². The zero-order valence-corrected chi connectivity index (χ0v) is 17.6. The van der Waals surface area contributed by atoms with Gasteiger partial charge in [-0.1, -0.05) is 13.8 Å². The third-order valence-corrected chi connectivity index (χ3v) is 4.20. The van der Waals surface area contributed by atoms with Crippen molar-refractivity contribution in [2.75, 3.05) is 13.1 Å². The molecule has 8 N–H and O–H groups in total. The van der Waals surface area contributed by atoms with Crippen LogP contribution in [0.3, 0.4) is 0 Å². The number of nitrogens with one attached hydrogen (secondary N) is 5. The lowest BCUT2D eigenvalue weighted by Gasteiger charge is -2.21. The van der Waals surface area contributed by atoms with E-state index in [1.807, 2.05) is 0 Å². The van der Waals surface area contributed by atoms with Gasteiger partial charge in [0.2, 0.25) is 23.6 Å². The van der Waals surface area contributed by atoms with Crippen molar-refractivity contribution in [1.29, 1.82) is 0 Å². The number of carboxylic acids is 1. The topological polar surface area (TPSA) is 208 Å². The number of carbonyl (C=O) groups is 5. The number of rotatable bonds is 12. The maximum absolute atomic E-state index is 12.0. The Morgan fingerprint density at radius 2 is 1.68 bits per heavy atom. The van der Waals surface area contributed by atoms with Crippen LogP contribution in [-0.4, -0.2) is 75.9 Å². The Labute approximate surface area is 178 Å². The second kappa shape index (κ2) is 12.3. The second-order valence-corrected chi connectivity index (χ2v) is 7.24. The Kier molecular flexibility index (Phi) is 10.1. The molecular formula is C18H29N7O6. The van der Waals surface area contributed by atoms with Crippen LogP contribution in [0.25, 0.3) is 0 Å². The number of carboxylic acid groups (broad SMARTS) is 1. The van der Waals surface area contributed by atoms with Crippen LogP contribution in [0.5, 0.6) is 0 Å².